The van der Waals surface area contributed by atoms with Crippen molar-refractivity contribution in [1.82, 2.24) is 0 Å². The van der Waals surface area contributed by atoms with Gasteiger partial charge in [0.05, 0.1) is 6.42 Å². The van der Waals surface area contributed by atoms with E-state index >= 15 is 0 Å². The van der Waals surface area contributed by atoms with E-state index in [2.05, 4.69) is 0 Å². The second kappa shape index (κ2) is 6.68. The first kappa shape index (κ1) is 15.4. The average molecular weight is 310 g/mol. The fourth-order valence-electron chi connectivity index (χ4n) is 2.07. The van der Waals surface area contributed by atoms with Crippen molar-refractivity contribution < 1.29 is 13.6 Å². The number of hydrogen-bond donors (Lipinski definition) is 0. The molecule has 0 radical (unpaired) electrons. The monoisotopic (exact) mass is 309 g/mol. The number of amides is 1. The van der Waals surface area contributed by atoms with E-state index < -0.39 is 5.82 Å². The highest BCUT2D eigenvalue weighted by Crippen LogP contribution is 2.22. The van der Waals surface area contributed by atoms with Gasteiger partial charge in [0.1, 0.15) is 11.6 Å². The number of rotatable bonds is 4. The van der Waals surface area contributed by atoms with Gasteiger partial charge in [0.25, 0.3) is 0 Å². The molecule has 0 aromatic heterocycles. The van der Waals surface area contributed by atoms with Crippen molar-refractivity contribution in [3.63, 3.8) is 0 Å². The van der Waals surface area contributed by atoms with E-state index in [1.807, 2.05) is 0 Å². The van der Waals surface area contributed by atoms with E-state index in [1.54, 1.807) is 13.0 Å². The Balaban J connectivity index is 2.23. The minimum Gasteiger partial charge on any atom is -0.312 e. The minimum absolute atomic E-state index is 0.142. The van der Waals surface area contributed by atoms with Crippen molar-refractivity contribution in [2.24, 2.45) is 0 Å². The Hall–Kier alpha value is -1.94. The van der Waals surface area contributed by atoms with Crippen molar-refractivity contribution in [2.45, 2.75) is 13.3 Å². The number of benzene rings is 2. The van der Waals surface area contributed by atoms with Gasteiger partial charge in [-0.15, -0.1) is 0 Å². The van der Waals surface area contributed by atoms with E-state index in [0.29, 0.717) is 12.2 Å². The average Bonchev–Trinajstić information content (AvgIpc) is 2.46. The van der Waals surface area contributed by atoms with Gasteiger partial charge < -0.3 is 4.90 Å². The van der Waals surface area contributed by atoms with Crippen LogP contribution in [0.1, 0.15) is 12.5 Å². The summed E-state index contributed by atoms with van der Waals surface area (Å²) in [5, 5.41) is 0.221. The van der Waals surface area contributed by atoms with Crippen LogP contribution in [0.4, 0.5) is 14.5 Å². The van der Waals surface area contributed by atoms with E-state index in [1.165, 1.54) is 41.3 Å². The van der Waals surface area contributed by atoms with E-state index in [4.69, 9.17) is 11.6 Å². The van der Waals surface area contributed by atoms with Crippen LogP contribution in [0.2, 0.25) is 5.02 Å². The Morgan fingerprint density at radius 2 is 1.81 bits per heavy atom. The second-order valence-electron chi connectivity index (χ2n) is 4.49. The van der Waals surface area contributed by atoms with Crippen LogP contribution in [-0.2, 0) is 11.2 Å². The number of hydrogen-bond acceptors (Lipinski definition) is 1. The number of likely N-dealkylation sites (N-methyl/N-ethyl adjacent to an activating group) is 1. The molecule has 0 aliphatic rings. The lowest BCUT2D eigenvalue weighted by Gasteiger charge is -2.21. The quantitative estimate of drug-likeness (QED) is 0.828. The lowest BCUT2D eigenvalue weighted by atomic mass is 10.1. The van der Waals surface area contributed by atoms with Crippen LogP contribution < -0.4 is 4.90 Å². The number of nitrogens with zero attached hydrogens (tertiary/aromatic N) is 1. The second-order valence-corrected chi connectivity index (χ2v) is 4.90. The van der Waals surface area contributed by atoms with Gasteiger partial charge in [-0.05, 0) is 43.3 Å². The predicted molar refractivity (Wildman–Crippen MR) is 79.5 cm³/mol. The highest BCUT2D eigenvalue weighted by atomic mass is 35.5. The summed E-state index contributed by atoms with van der Waals surface area (Å²) in [5.41, 5.74) is 0.737. The molecule has 0 saturated heterocycles. The van der Waals surface area contributed by atoms with E-state index in [-0.39, 0.29) is 28.7 Å². The van der Waals surface area contributed by atoms with Gasteiger partial charge in [-0.3, -0.25) is 4.79 Å². The molecule has 21 heavy (non-hydrogen) atoms. The molecule has 0 unspecified atom stereocenters. The molecule has 0 fully saturated rings. The third kappa shape index (κ3) is 3.58. The molecule has 0 atom stereocenters. The third-order valence-corrected chi connectivity index (χ3v) is 3.50. The Labute approximate surface area is 127 Å². The molecule has 2 aromatic carbocycles. The maximum Gasteiger partial charge on any atom is 0.231 e. The Kier molecular flexibility index (Phi) is 4.91. The van der Waals surface area contributed by atoms with Gasteiger partial charge in [-0.2, -0.15) is 0 Å². The molecule has 2 nitrogen and oxygen atoms in total. The van der Waals surface area contributed by atoms with Crippen LogP contribution in [0.15, 0.2) is 42.5 Å². The van der Waals surface area contributed by atoms with Crippen molar-refractivity contribution in [3.05, 3.63) is 64.7 Å². The van der Waals surface area contributed by atoms with E-state index in [9.17, 15) is 13.6 Å². The first-order valence-corrected chi connectivity index (χ1v) is 6.89. The van der Waals surface area contributed by atoms with Crippen molar-refractivity contribution in [3.8, 4) is 0 Å². The SMILES string of the molecule is CCN(C(=O)Cc1c(F)cccc1Cl)c1ccc(F)cc1. The third-order valence-electron chi connectivity index (χ3n) is 3.15. The topological polar surface area (TPSA) is 20.3 Å². The molecular formula is C16H14ClF2NO. The van der Waals surface area contributed by atoms with Crippen LogP contribution in [0.5, 0.6) is 0 Å². The first-order chi connectivity index (χ1) is 10.0. The van der Waals surface area contributed by atoms with Crippen LogP contribution in [0.3, 0.4) is 0 Å². The first-order valence-electron chi connectivity index (χ1n) is 6.51. The molecule has 0 N–H and O–H groups in total. The van der Waals surface area contributed by atoms with Crippen molar-refractivity contribution in [2.75, 3.05) is 11.4 Å². The summed E-state index contributed by atoms with van der Waals surface area (Å²) in [6.07, 6.45) is -0.142. The van der Waals surface area contributed by atoms with Gasteiger partial charge in [-0.25, -0.2) is 8.78 Å². The van der Waals surface area contributed by atoms with Crippen molar-refractivity contribution >= 4 is 23.2 Å². The zero-order valence-electron chi connectivity index (χ0n) is 11.4. The molecule has 0 aliphatic carbocycles. The zero-order valence-corrected chi connectivity index (χ0v) is 12.2. The summed E-state index contributed by atoms with van der Waals surface area (Å²) in [7, 11) is 0. The molecule has 0 spiro atoms. The maximum absolute atomic E-state index is 13.7. The van der Waals surface area contributed by atoms with Crippen LogP contribution in [0, 0.1) is 11.6 Å². The lowest BCUT2D eigenvalue weighted by molar-refractivity contribution is -0.118. The smallest absolute Gasteiger partial charge is 0.231 e. The molecule has 110 valence electrons. The summed E-state index contributed by atoms with van der Waals surface area (Å²) in [5.74, 6) is -1.18. The van der Waals surface area contributed by atoms with Crippen LogP contribution >= 0.6 is 11.6 Å². The van der Waals surface area contributed by atoms with Gasteiger partial charge >= 0.3 is 0 Å². The number of carbonyl (C=O) groups is 1. The summed E-state index contributed by atoms with van der Waals surface area (Å²) < 4.78 is 26.7. The number of halogens is 3. The molecule has 5 heteroatoms. The van der Waals surface area contributed by atoms with E-state index in [0.717, 1.165) is 0 Å². The molecule has 0 aliphatic heterocycles. The largest absolute Gasteiger partial charge is 0.312 e. The molecular weight excluding hydrogens is 296 g/mol. The van der Waals surface area contributed by atoms with Gasteiger partial charge in [-0.1, -0.05) is 17.7 Å². The minimum atomic E-state index is -0.508. The highest BCUT2D eigenvalue weighted by molar-refractivity contribution is 6.31. The van der Waals surface area contributed by atoms with Gasteiger partial charge in [0.2, 0.25) is 5.91 Å². The summed E-state index contributed by atoms with van der Waals surface area (Å²) in [6, 6.07) is 9.88. The van der Waals surface area contributed by atoms with Gasteiger partial charge in [0.15, 0.2) is 0 Å². The maximum atomic E-state index is 13.7. The predicted octanol–water partition coefficient (Wildman–Crippen LogP) is 4.21. The highest BCUT2D eigenvalue weighted by Gasteiger charge is 2.18. The molecule has 0 bridgehead atoms. The normalized spacial score (nSPS) is 10.5. The molecule has 0 heterocycles. The molecule has 1 amide bonds. The van der Waals surface area contributed by atoms with Crippen molar-refractivity contribution in [1.29, 1.82) is 0 Å². The number of anilines is 1. The molecule has 0 saturated carbocycles. The zero-order chi connectivity index (χ0) is 15.4. The standard InChI is InChI=1S/C16H14ClF2NO/c1-2-20(12-8-6-11(18)7-9-12)16(21)10-13-14(17)4-3-5-15(13)19/h3-9H,2,10H2,1H3. The molecule has 2 rings (SSSR count). The number of carbonyl (C=O) groups excluding carboxylic acids is 1. The van der Waals surface area contributed by atoms with Crippen LogP contribution in [0.25, 0.3) is 0 Å². The summed E-state index contributed by atoms with van der Waals surface area (Å²) in [4.78, 5) is 13.8. The molecule has 2 aromatic rings. The van der Waals surface area contributed by atoms with Gasteiger partial charge in [0, 0.05) is 22.8 Å². The Bertz CT molecular complexity index is 623. The van der Waals surface area contributed by atoms with Crippen LogP contribution in [-0.4, -0.2) is 12.5 Å². The summed E-state index contributed by atoms with van der Waals surface area (Å²) in [6.45, 7) is 2.20. The fraction of sp³-hybridized carbons (Fsp3) is 0.188. The Morgan fingerprint density at radius 1 is 1.14 bits per heavy atom. The Morgan fingerprint density at radius 3 is 2.38 bits per heavy atom. The lowest BCUT2D eigenvalue weighted by Crippen LogP contribution is -2.32. The summed E-state index contributed by atoms with van der Waals surface area (Å²) >= 11 is 5.93. The fourth-order valence-corrected chi connectivity index (χ4v) is 2.30.